The van der Waals surface area contributed by atoms with Crippen molar-refractivity contribution in [2.24, 2.45) is 0 Å². The zero-order valence-corrected chi connectivity index (χ0v) is 18.6. The topological polar surface area (TPSA) is 25.2 Å². The molecular formula is C31H23NO. The molecule has 0 amide bonds. The number of benzene rings is 5. The van der Waals surface area contributed by atoms with Crippen molar-refractivity contribution in [2.75, 3.05) is 5.32 Å². The quantitative estimate of drug-likeness (QED) is 0.300. The molecule has 0 saturated carbocycles. The largest absolute Gasteiger partial charge is 0.456 e. The van der Waals surface area contributed by atoms with Crippen LogP contribution in [0.5, 0.6) is 0 Å². The second-order valence-corrected chi connectivity index (χ2v) is 9.50. The van der Waals surface area contributed by atoms with Crippen molar-refractivity contribution in [2.45, 2.75) is 19.3 Å². The molecule has 33 heavy (non-hydrogen) atoms. The van der Waals surface area contributed by atoms with Gasteiger partial charge in [-0.15, -0.1) is 0 Å². The minimum absolute atomic E-state index is 0.000939. The lowest BCUT2D eigenvalue weighted by atomic mass is 9.82. The summed E-state index contributed by atoms with van der Waals surface area (Å²) in [7, 11) is 0. The van der Waals surface area contributed by atoms with Gasteiger partial charge in [-0.1, -0.05) is 80.6 Å². The zero-order valence-electron chi connectivity index (χ0n) is 18.6. The maximum atomic E-state index is 6.07. The molecule has 0 bridgehead atoms. The van der Waals surface area contributed by atoms with E-state index in [2.05, 4.69) is 104 Å². The van der Waals surface area contributed by atoms with Crippen molar-refractivity contribution < 1.29 is 4.42 Å². The summed E-state index contributed by atoms with van der Waals surface area (Å²) in [4.78, 5) is 0. The summed E-state index contributed by atoms with van der Waals surface area (Å²) in [6.45, 7) is 4.63. The Morgan fingerprint density at radius 2 is 1.48 bits per heavy atom. The summed E-state index contributed by atoms with van der Waals surface area (Å²) in [5.41, 5.74) is 9.52. The van der Waals surface area contributed by atoms with Crippen LogP contribution in [0.4, 0.5) is 11.4 Å². The van der Waals surface area contributed by atoms with Gasteiger partial charge in [-0.25, -0.2) is 0 Å². The van der Waals surface area contributed by atoms with E-state index in [0.717, 1.165) is 22.5 Å². The third-order valence-electron chi connectivity index (χ3n) is 7.24. The monoisotopic (exact) mass is 425 g/mol. The average molecular weight is 426 g/mol. The fraction of sp³-hybridized carbons (Fsp3) is 0.0968. The highest BCUT2D eigenvalue weighted by atomic mass is 16.3. The second-order valence-electron chi connectivity index (χ2n) is 9.50. The van der Waals surface area contributed by atoms with Crippen molar-refractivity contribution in [1.82, 2.24) is 0 Å². The number of hydrogen-bond donors (Lipinski definition) is 1. The van der Waals surface area contributed by atoms with Crippen molar-refractivity contribution in [3.63, 3.8) is 0 Å². The molecule has 1 aliphatic rings. The normalized spacial score (nSPS) is 14.0. The molecular weight excluding hydrogens is 402 g/mol. The number of furan rings is 1. The average Bonchev–Trinajstić information content (AvgIpc) is 3.33. The molecule has 1 aliphatic carbocycles. The van der Waals surface area contributed by atoms with Crippen LogP contribution in [0.1, 0.15) is 25.0 Å². The minimum atomic E-state index is 0.000939. The maximum Gasteiger partial charge on any atom is 0.136 e. The molecule has 0 atom stereocenters. The molecule has 1 heterocycles. The first-order valence-corrected chi connectivity index (χ1v) is 11.5. The SMILES string of the molecule is CC1(C)c2ccccc2-c2c(Nc3ccc4c(ccc5oc6ccccc6c54)c3)cccc21. The first kappa shape index (κ1) is 18.5. The van der Waals surface area contributed by atoms with Crippen LogP contribution in [0.3, 0.4) is 0 Å². The predicted octanol–water partition coefficient (Wildman–Crippen LogP) is 8.79. The van der Waals surface area contributed by atoms with Crippen molar-refractivity contribution in [3.05, 3.63) is 108 Å². The van der Waals surface area contributed by atoms with Crippen LogP contribution in [0.25, 0.3) is 43.8 Å². The molecule has 0 fully saturated rings. The third-order valence-corrected chi connectivity index (χ3v) is 7.24. The van der Waals surface area contributed by atoms with Gasteiger partial charge in [-0.05, 0) is 57.8 Å². The molecule has 0 radical (unpaired) electrons. The van der Waals surface area contributed by atoms with Gasteiger partial charge in [0.25, 0.3) is 0 Å². The van der Waals surface area contributed by atoms with Crippen LogP contribution in [0.15, 0.2) is 101 Å². The number of fused-ring (bicyclic) bond motifs is 8. The maximum absolute atomic E-state index is 6.07. The Bertz CT molecular complexity index is 1720. The van der Waals surface area contributed by atoms with Crippen molar-refractivity contribution in [1.29, 1.82) is 0 Å². The molecule has 0 unspecified atom stereocenters. The number of rotatable bonds is 2. The molecule has 6 aromatic rings. The molecule has 1 aromatic heterocycles. The summed E-state index contributed by atoms with van der Waals surface area (Å²) >= 11 is 0. The second kappa shape index (κ2) is 6.49. The lowest BCUT2D eigenvalue weighted by molar-refractivity contribution is 0.660. The predicted molar refractivity (Wildman–Crippen MR) is 139 cm³/mol. The van der Waals surface area contributed by atoms with E-state index in [1.54, 1.807) is 0 Å². The van der Waals surface area contributed by atoms with E-state index in [9.17, 15) is 0 Å². The van der Waals surface area contributed by atoms with E-state index in [1.807, 2.05) is 12.1 Å². The van der Waals surface area contributed by atoms with Gasteiger partial charge >= 0.3 is 0 Å². The lowest BCUT2D eigenvalue weighted by Crippen LogP contribution is -2.14. The Balaban J connectivity index is 1.37. The van der Waals surface area contributed by atoms with Gasteiger partial charge in [0.05, 0.1) is 0 Å². The smallest absolute Gasteiger partial charge is 0.136 e. The van der Waals surface area contributed by atoms with Crippen LogP contribution < -0.4 is 5.32 Å². The van der Waals surface area contributed by atoms with Crippen LogP contribution in [0.2, 0.25) is 0 Å². The van der Waals surface area contributed by atoms with Gasteiger partial charge < -0.3 is 9.73 Å². The molecule has 158 valence electrons. The van der Waals surface area contributed by atoms with Gasteiger partial charge in [0.15, 0.2) is 0 Å². The molecule has 0 aliphatic heterocycles. The Hall–Kier alpha value is -4.04. The van der Waals surface area contributed by atoms with E-state index < -0.39 is 0 Å². The molecule has 1 N–H and O–H groups in total. The molecule has 7 rings (SSSR count). The Morgan fingerprint density at radius 1 is 0.667 bits per heavy atom. The molecule has 2 heteroatoms. The highest BCUT2D eigenvalue weighted by Crippen LogP contribution is 2.51. The molecule has 0 spiro atoms. The number of anilines is 2. The van der Waals surface area contributed by atoms with E-state index in [0.29, 0.717) is 0 Å². The Kier molecular flexibility index (Phi) is 3.64. The van der Waals surface area contributed by atoms with Gasteiger partial charge in [-0.3, -0.25) is 0 Å². The molecule has 0 saturated heterocycles. The Morgan fingerprint density at radius 3 is 2.42 bits per heavy atom. The van der Waals surface area contributed by atoms with Crippen molar-refractivity contribution >= 4 is 44.1 Å². The first-order chi connectivity index (χ1) is 16.1. The first-order valence-electron chi connectivity index (χ1n) is 11.5. The summed E-state index contributed by atoms with van der Waals surface area (Å²) in [6.07, 6.45) is 0. The van der Waals surface area contributed by atoms with Gasteiger partial charge in [0.1, 0.15) is 11.2 Å². The minimum Gasteiger partial charge on any atom is -0.456 e. The molecule has 2 nitrogen and oxygen atoms in total. The molecule has 5 aromatic carbocycles. The van der Waals surface area contributed by atoms with Crippen LogP contribution >= 0.6 is 0 Å². The number of hydrogen-bond acceptors (Lipinski definition) is 2. The van der Waals surface area contributed by atoms with Gasteiger partial charge in [0.2, 0.25) is 0 Å². The summed E-state index contributed by atoms with van der Waals surface area (Å²) in [6, 6.07) is 34.5. The fourth-order valence-electron chi connectivity index (χ4n) is 5.65. The Labute approximate surface area is 192 Å². The number of para-hydroxylation sites is 1. The van der Waals surface area contributed by atoms with Crippen molar-refractivity contribution in [3.8, 4) is 11.1 Å². The van der Waals surface area contributed by atoms with E-state index in [1.165, 1.54) is 43.8 Å². The third kappa shape index (κ3) is 2.55. The van der Waals surface area contributed by atoms with Crippen LogP contribution in [-0.4, -0.2) is 0 Å². The lowest BCUT2D eigenvalue weighted by Gasteiger charge is -2.21. The zero-order chi connectivity index (χ0) is 22.2. The standard InChI is InChI=1S/C31H23NO/c1-31(2)24-10-5-3-8-22(24)30-25(31)11-7-12-26(30)32-20-15-16-21-19(18-20)14-17-28-29(21)23-9-4-6-13-27(23)33-28/h3-18,32H,1-2H3. The van der Waals surface area contributed by atoms with E-state index in [-0.39, 0.29) is 5.41 Å². The highest BCUT2D eigenvalue weighted by Gasteiger charge is 2.36. The van der Waals surface area contributed by atoms with E-state index >= 15 is 0 Å². The summed E-state index contributed by atoms with van der Waals surface area (Å²) < 4.78 is 6.07. The van der Waals surface area contributed by atoms with Crippen LogP contribution in [0, 0.1) is 0 Å². The summed E-state index contributed by atoms with van der Waals surface area (Å²) in [5.74, 6) is 0. The fourth-order valence-corrected chi connectivity index (χ4v) is 5.65. The van der Waals surface area contributed by atoms with Gasteiger partial charge in [-0.2, -0.15) is 0 Å². The van der Waals surface area contributed by atoms with Gasteiger partial charge in [0, 0.05) is 33.1 Å². The highest BCUT2D eigenvalue weighted by molar-refractivity contribution is 6.19. The van der Waals surface area contributed by atoms with E-state index in [4.69, 9.17) is 4.42 Å². The number of nitrogens with one attached hydrogen (secondary N) is 1. The summed E-state index contributed by atoms with van der Waals surface area (Å²) in [5, 5.41) is 8.50. The van der Waals surface area contributed by atoms with Crippen LogP contribution in [-0.2, 0) is 5.41 Å².